The number of aromatic nitrogens is 2. The predicted octanol–water partition coefficient (Wildman–Crippen LogP) is 3.52. The molecule has 0 bridgehead atoms. The van der Waals surface area contributed by atoms with Gasteiger partial charge in [0.25, 0.3) is 0 Å². The largest absolute Gasteiger partial charge is 0.384 e. The number of nitriles is 1. The number of carbonyl (C=O) groups is 1. The Morgan fingerprint density at radius 1 is 1.35 bits per heavy atom. The second-order valence-corrected chi connectivity index (χ2v) is 7.26. The molecule has 0 aliphatic carbocycles. The molecule has 2 rings (SSSR count). The van der Waals surface area contributed by atoms with Gasteiger partial charge < -0.3 is 15.6 Å². The van der Waals surface area contributed by atoms with Crippen molar-refractivity contribution >= 4 is 11.4 Å². The fourth-order valence-corrected chi connectivity index (χ4v) is 3.05. The van der Waals surface area contributed by atoms with Crippen LogP contribution in [0.15, 0.2) is 48.2 Å². The van der Waals surface area contributed by atoms with Crippen LogP contribution in [0.4, 0.5) is 0 Å². The lowest BCUT2D eigenvalue weighted by Gasteiger charge is -2.16. The number of allylic oxidation sites excluding steroid dienone is 1. The monoisotopic (exact) mass is 420 g/mol. The molecule has 0 saturated heterocycles. The number of benzene rings is 1. The summed E-state index contributed by atoms with van der Waals surface area (Å²) in [6, 6.07) is 10.1. The van der Waals surface area contributed by atoms with Crippen molar-refractivity contribution in [2.24, 2.45) is 17.8 Å². The number of hydrogen-bond acceptors (Lipinski definition) is 6. The summed E-state index contributed by atoms with van der Waals surface area (Å²) in [5.41, 5.74) is 10.8. The molecule has 7 nitrogen and oxygen atoms in total. The number of nitrogens with two attached hydrogens (primary N) is 1. The molecule has 1 aromatic carbocycles. The first kappa shape index (κ1) is 25.5. The van der Waals surface area contributed by atoms with Crippen LogP contribution >= 0.6 is 0 Å². The van der Waals surface area contributed by atoms with Crippen molar-refractivity contribution < 1.29 is 4.79 Å². The van der Waals surface area contributed by atoms with Crippen LogP contribution in [0.2, 0.25) is 0 Å². The van der Waals surface area contributed by atoms with Gasteiger partial charge in [-0.2, -0.15) is 10.3 Å². The maximum Gasteiger partial charge on any atom is 0.232 e. The maximum atomic E-state index is 11.5. The minimum atomic E-state index is -0.0727. The highest BCUT2D eigenvalue weighted by Gasteiger charge is 2.10. The van der Waals surface area contributed by atoms with Gasteiger partial charge in [0.1, 0.15) is 5.82 Å². The first-order valence-electron chi connectivity index (χ1n) is 9.97. The normalized spacial score (nSPS) is 11.7. The number of nitrogens with zero attached hydrogens (tertiary/aromatic N) is 4. The van der Waals surface area contributed by atoms with Crippen molar-refractivity contribution in [1.29, 1.82) is 5.26 Å². The maximum absolute atomic E-state index is 11.5. The Morgan fingerprint density at radius 3 is 2.42 bits per heavy atom. The Hall–Kier alpha value is -3.50. The van der Waals surface area contributed by atoms with Gasteiger partial charge in [-0.15, -0.1) is 0 Å². The highest BCUT2D eigenvalue weighted by Crippen LogP contribution is 2.20. The summed E-state index contributed by atoms with van der Waals surface area (Å²) in [4.78, 5) is 19.8. The van der Waals surface area contributed by atoms with Crippen molar-refractivity contribution in [1.82, 2.24) is 14.9 Å². The van der Waals surface area contributed by atoms with Gasteiger partial charge in [-0.25, -0.2) is 4.98 Å². The molecule has 1 atom stereocenters. The summed E-state index contributed by atoms with van der Waals surface area (Å²) < 4.78 is 1.58. The Labute approximate surface area is 184 Å². The van der Waals surface area contributed by atoms with Gasteiger partial charge in [-0.05, 0) is 62.2 Å². The summed E-state index contributed by atoms with van der Waals surface area (Å²) in [5, 5.41) is 12.0. The standard InChI is InChI=1S/C12H16N4O.C12H16N2/c1-7(2)10-6-11(8(3)17)16(5)12(15-10)14-9(4)13;1-4-12(14-3)11-6-5-10(8-13)7-9(11)2/h6H,1,4,13H2,2-3,5H3;5-7,12,14H,4H2,1-3H3/b14-12-;/t;12-/m.0/s1. The van der Waals surface area contributed by atoms with E-state index in [2.05, 4.69) is 48.4 Å². The van der Waals surface area contributed by atoms with E-state index >= 15 is 0 Å². The van der Waals surface area contributed by atoms with E-state index in [9.17, 15) is 4.79 Å². The van der Waals surface area contributed by atoms with E-state index in [1.165, 1.54) is 18.1 Å². The highest BCUT2D eigenvalue weighted by atomic mass is 16.1. The molecule has 7 heteroatoms. The molecule has 0 radical (unpaired) electrons. The lowest BCUT2D eigenvalue weighted by Crippen LogP contribution is -2.28. The molecule has 0 aliphatic rings. The smallest absolute Gasteiger partial charge is 0.232 e. The number of nitrogens with one attached hydrogen (secondary N) is 1. The molecule has 1 aromatic heterocycles. The fourth-order valence-electron chi connectivity index (χ4n) is 3.05. The van der Waals surface area contributed by atoms with E-state index in [0.717, 1.165) is 17.6 Å². The van der Waals surface area contributed by atoms with Crippen LogP contribution in [0.1, 0.15) is 66.1 Å². The zero-order valence-electron chi connectivity index (χ0n) is 19.3. The summed E-state index contributed by atoms with van der Waals surface area (Å²) in [7, 11) is 3.67. The zero-order valence-corrected chi connectivity index (χ0v) is 19.3. The topological polar surface area (TPSA) is 109 Å². The Balaban J connectivity index is 0.000000316. The fraction of sp³-hybridized carbons (Fsp3) is 0.333. The zero-order chi connectivity index (χ0) is 23.7. The van der Waals surface area contributed by atoms with Gasteiger partial charge >= 0.3 is 0 Å². The third-order valence-electron chi connectivity index (χ3n) is 4.73. The van der Waals surface area contributed by atoms with E-state index in [4.69, 9.17) is 11.0 Å². The van der Waals surface area contributed by atoms with E-state index in [0.29, 0.717) is 23.0 Å². The quantitative estimate of drug-likeness (QED) is 0.695. The molecule has 0 amide bonds. The summed E-state index contributed by atoms with van der Waals surface area (Å²) in [5.74, 6) is 0.0675. The van der Waals surface area contributed by atoms with E-state index < -0.39 is 0 Å². The molecule has 0 saturated carbocycles. The van der Waals surface area contributed by atoms with Gasteiger partial charge in [0.15, 0.2) is 5.78 Å². The van der Waals surface area contributed by atoms with Crippen LogP contribution in [0.5, 0.6) is 0 Å². The first-order chi connectivity index (χ1) is 14.5. The average molecular weight is 421 g/mol. The predicted molar refractivity (Wildman–Crippen MR) is 125 cm³/mol. The highest BCUT2D eigenvalue weighted by molar-refractivity contribution is 5.92. The van der Waals surface area contributed by atoms with Crippen molar-refractivity contribution in [3.05, 3.63) is 76.9 Å². The van der Waals surface area contributed by atoms with Crippen molar-refractivity contribution in [3.8, 4) is 6.07 Å². The van der Waals surface area contributed by atoms with Crippen LogP contribution in [-0.2, 0) is 7.05 Å². The number of aryl methyl sites for hydroxylation is 1. The van der Waals surface area contributed by atoms with Crippen LogP contribution in [0.25, 0.3) is 5.57 Å². The summed E-state index contributed by atoms with van der Waals surface area (Å²) >= 11 is 0. The van der Waals surface area contributed by atoms with Crippen LogP contribution < -0.4 is 16.7 Å². The van der Waals surface area contributed by atoms with Crippen LogP contribution in [-0.4, -0.2) is 22.4 Å². The van der Waals surface area contributed by atoms with Crippen molar-refractivity contribution in [3.63, 3.8) is 0 Å². The molecule has 0 aliphatic heterocycles. The van der Waals surface area contributed by atoms with Gasteiger partial charge in [0.2, 0.25) is 5.62 Å². The van der Waals surface area contributed by atoms with Crippen molar-refractivity contribution in [2.45, 2.75) is 40.2 Å². The molecule has 1 heterocycles. The minimum Gasteiger partial charge on any atom is -0.384 e. The lowest BCUT2D eigenvalue weighted by molar-refractivity contribution is 0.100. The molecule has 31 heavy (non-hydrogen) atoms. The van der Waals surface area contributed by atoms with Gasteiger partial charge in [0, 0.05) is 20.0 Å². The van der Waals surface area contributed by atoms with Gasteiger partial charge in [0.05, 0.1) is 23.0 Å². The molecule has 0 spiro atoms. The Kier molecular flexibility index (Phi) is 9.58. The number of rotatable bonds is 6. The number of ketones is 1. The first-order valence-corrected chi connectivity index (χ1v) is 9.97. The Morgan fingerprint density at radius 2 is 2.00 bits per heavy atom. The molecular weight excluding hydrogens is 388 g/mol. The molecule has 0 unspecified atom stereocenters. The molecule has 0 fully saturated rings. The summed E-state index contributed by atoms with van der Waals surface area (Å²) in [6.07, 6.45) is 1.06. The van der Waals surface area contributed by atoms with Gasteiger partial charge in [-0.1, -0.05) is 26.1 Å². The number of carbonyl (C=O) groups excluding carboxylic acids is 1. The molecular formula is C24H32N6O. The molecule has 2 aromatic rings. The lowest BCUT2D eigenvalue weighted by atomic mass is 9.98. The van der Waals surface area contributed by atoms with Crippen LogP contribution in [0.3, 0.4) is 0 Å². The second kappa shape index (κ2) is 11.6. The number of Topliss-reactive ketones (excluding diaryl/α,β-unsaturated/α-hetero) is 1. The summed E-state index contributed by atoms with van der Waals surface area (Å²) in [6.45, 7) is 14.8. The SMILES string of the molecule is C=C(N)/N=c1/nc(C(=C)C)cc(C(C)=O)n1C.CC[C@H](NC)c1ccc(C#N)cc1C. The third-order valence-corrected chi connectivity index (χ3v) is 4.73. The van der Waals surface area contributed by atoms with E-state index in [1.807, 2.05) is 32.2 Å². The van der Waals surface area contributed by atoms with E-state index in [1.54, 1.807) is 17.7 Å². The second-order valence-electron chi connectivity index (χ2n) is 7.26. The Bertz CT molecular complexity index is 1080. The van der Waals surface area contributed by atoms with E-state index in [-0.39, 0.29) is 11.6 Å². The molecule has 164 valence electrons. The minimum absolute atomic E-state index is 0.0727. The third kappa shape index (κ3) is 7.05. The van der Waals surface area contributed by atoms with Crippen LogP contribution in [0, 0.1) is 18.3 Å². The van der Waals surface area contributed by atoms with Gasteiger partial charge in [-0.3, -0.25) is 4.79 Å². The van der Waals surface area contributed by atoms with Crippen molar-refractivity contribution in [2.75, 3.05) is 7.05 Å². The number of hydrogen-bond donors (Lipinski definition) is 2. The average Bonchev–Trinajstić information content (AvgIpc) is 2.71. The molecule has 3 N–H and O–H groups in total.